The summed E-state index contributed by atoms with van der Waals surface area (Å²) in [5, 5.41) is 0. The minimum atomic E-state index is 1.22. The standard InChI is InChI=1S/C16H25/c1-4-9-14(10-5-2)16-13-8-7-12-15(16)11-6-3/h7-8,12-13H,4-6,9-11H2,1-3H3. The summed E-state index contributed by atoms with van der Waals surface area (Å²) in [6.45, 7) is 6.81. The smallest absolute Gasteiger partial charge is 0.00524 e. The predicted octanol–water partition coefficient (Wildman–Crippen LogP) is 5.16. The van der Waals surface area contributed by atoms with Crippen LogP contribution in [0.2, 0.25) is 0 Å². The lowest BCUT2D eigenvalue weighted by Gasteiger charge is -2.18. The fraction of sp³-hybridized carbons (Fsp3) is 0.562. The molecular formula is C16H25. The van der Waals surface area contributed by atoms with Gasteiger partial charge in [0, 0.05) is 5.92 Å². The van der Waals surface area contributed by atoms with Gasteiger partial charge in [-0.25, -0.2) is 0 Å². The maximum atomic E-state index is 2.31. The molecule has 0 saturated carbocycles. The van der Waals surface area contributed by atoms with Crippen molar-refractivity contribution in [2.45, 2.75) is 59.3 Å². The Morgan fingerprint density at radius 1 is 0.875 bits per heavy atom. The number of hydrogen-bond acceptors (Lipinski definition) is 0. The molecule has 0 aromatic heterocycles. The third-order valence-corrected chi connectivity index (χ3v) is 3.02. The van der Waals surface area contributed by atoms with E-state index in [4.69, 9.17) is 0 Å². The average molecular weight is 217 g/mol. The second kappa shape index (κ2) is 7.49. The van der Waals surface area contributed by atoms with Crippen molar-refractivity contribution in [2.75, 3.05) is 0 Å². The lowest BCUT2D eigenvalue weighted by Crippen LogP contribution is -2.03. The molecule has 0 aliphatic carbocycles. The van der Waals surface area contributed by atoms with Gasteiger partial charge in [-0.15, -0.1) is 0 Å². The van der Waals surface area contributed by atoms with E-state index in [-0.39, 0.29) is 0 Å². The van der Waals surface area contributed by atoms with Crippen LogP contribution in [0.25, 0.3) is 0 Å². The highest BCUT2D eigenvalue weighted by molar-refractivity contribution is 5.38. The average Bonchev–Trinajstić information content (AvgIpc) is 2.30. The molecular weight excluding hydrogens is 192 g/mol. The fourth-order valence-corrected chi connectivity index (χ4v) is 2.35. The van der Waals surface area contributed by atoms with E-state index in [0.29, 0.717) is 0 Å². The molecule has 1 radical (unpaired) electrons. The molecule has 0 fully saturated rings. The van der Waals surface area contributed by atoms with Crippen molar-refractivity contribution in [3.63, 3.8) is 0 Å². The molecule has 1 aromatic carbocycles. The van der Waals surface area contributed by atoms with Gasteiger partial charge in [-0.2, -0.15) is 0 Å². The summed E-state index contributed by atoms with van der Waals surface area (Å²) >= 11 is 0. The first-order chi connectivity index (χ1) is 7.83. The van der Waals surface area contributed by atoms with Gasteiger partial charge in [-0.3, -0.25) is 0 Å². The van der Waals surface area contributed by atoms with E-state index in [1.54, 1.807) is 11.5 Å². The first-order valence-electron chi connectivity index (χ1n) is 6.76. The van der Waals surface area contributed by atoms with Gasteiger partial charge in [0.15, 0.2) is 0 Å². The van der Waals surface area contributed by atoms with Gasteiger partial charge >= 0.3 is 0 Å². The van der Waals surface area contributed by atoms with Gasteiger partial charge in [0.2, 0.25) is 0 Å². The van der Waals surface area contributed by atoms with Crippen LogP contribution in [-0.4, -0.2) is 0 Å². The topological polar surface area (TPSA) is 0 Å². The highest BCUT2D eigenvalue weighted by Crippen LogP contribution is 2.28. The van der Waals surface area contributed by atoms with E-state index in [1.165, 1.54) is 44.1 Å². The molecule has 89 valence electrons. The molecule has 0 nitrogen and oxygen atoms in total. The SMILES string of the molecule is CCC[C](CCC)c1ccccc1CCC. The zero-order valence-electron chi connectivity index (χ0n) is 11.1. The van der Waals surface area contributed by atoms with E-state index >= 15 is 0 Å². The van der Waals surface area contributed by atoms with Crippen molar-refractivity contribution in [3.8, 4) is 0 Å². The molecule has 1 aromatic rings. The number of hydrogen-bond donors (Lipinski definition) is 0. The van der Waals surface area contributed by atoms with Crippen LogP contribution in [-0.2, 0) is 6.42 Å². The van der Waals surface area contributed by atoms with Crippen molar-refractivity contribution in [2.24, 2.45) is 0 Å². The van der Waals surface area contributed by atoms with E-state index in [1.807, 2.05) is 0 Å². The van der Waals surface area contributed by atoms with Crippen LogP contribution in [0.4, 0.5) is 0 Å². The van der Waals surface area contributed by atoms with Gasteiger partial charge in [0.25, 0.3) is 0 Å². The monoisotopic (exact) mass is 217 g/mol. The van der Waals surface area contributed by atoms with Crippen molar-refractivity contribution >= 4 is 0 Å². The molecule has 16 heavy (non-hydrogen) atoms. The molecule has 0 aliphatic heterocycles. The highest BCUT2D eigenvalue weighted by Gasteiger charge is 2.13. The summed E-state index contributed by atoms with van der Waals surface area (Å²) in [6, 6.07) is 8.96. The van der Waals surface area contributed by atoms with Gasteiger partial charge in [-0.05, 0) is 30.4 Å². The van der Waals surface area contributed by atoms with Crippen molar-refractivity contribution in [3.05, 3.63) is 41.3 Å². The summed E-state index contributed by atoms with van der Waals surface area (Å²) in [4.78, 5) is 0. The van der Waals surface area contributed by atoms with Crippen LogP contribution in [0, 0.1) is 5.92 Å². The minimum Gasteiger partial charge on any atom is -0.0654 e. The van der Waals surface area contributed by atoms with E-state index in [2.05, 4.69) is 45.0 Å². The third kappa shape index (κ3) is 3.66. The maximum Gasteiger partial charge on any atom is 0.00524 e. The van der Waals surface area contributed by atoms with Crippen LogP contribution < -0.4 is 0 Å². The Balaban J connectivity index is 2.87. The third-order valence-electron chi connectivity index (χ3n) is 3.02. The number of benzene rings is 1. The van der Waals surface area contributed by atoms with Crippen LogP contribution in [0.1, 0.15) is 64.0 Å². The van der Waals surface area contributed by atoms with E-state index in [0.717, 1.165) is 0 Å². The molecule has 1 rings (SSSR count). The predicted molar refractivity (Wildman–Crippen MR) is 72.6 cm³/mol. The zero-order chi connectivity index (χ0) is 11.8. The number of rotatable bonds is 7. The van der Waals surface area contributed by atoms with E-state index in [9.17, 15) is 0 Å². The van der Waals surface area contributed by atoms with Crippen molar-refractivity contribution in [1.82, 2.24) is 0 Å². The lowest BCUT2D eigenvalue weighted by molar-refractivity contribution is 0.713. The van der Waals surface area contributed by atoms with Crippen LogP contribution in [0.5, 0.6) is 0 Å². The molecule has 0 spiro atoms. The Morgan fingerprint density at radius 2 is 1.50 bits per heavy atom. The van der Waals surface area contributed by atoms with E-state index < -0.39 is 0 Å². The molecule has 0 aliphatic rings. The van der Waals surface area contributed by atoms with Crippen molar-refractivity contribution in [1.29, 1.82) is 0 Å². The molecule has 0 saturated heterocycles. The second-order valence-corrected chi connectivity index (χ2v) is 4.51. The first-order valence-corrected chi connectivity index (χ1v) is 6.76. The van der Waals surface area contributed by atoms with Crippen molar-refractivity contribution < 1.29 is 0 Å². The van der Waals surface area contributed by atoms with Crippen LogP contribution >= 0.6 is 0 Å². The number of aryl methyl sites for hydroxylation is 1. The van der Waals surface area contributed by atoms with Crippen LogP contribution in [0.3, 0.4) is 0 Å². The molecule has 0 amide bonds. The Kier molecular flexibility index (Phi) is 6.22. The molecule has 0 atom stereocenters. The molecule has 0 unspecified atom stereocenters. The molecule has 0 N–H and O–H groups in total. The largest absolute Gasteiger partial charge is 0.0654 e. The Bertz CT molecular complexity index is 282. The Morgan fingerprint density at radius 3 is 2.06 bits per heavy atom. The summed E-state index contributed by atoms with van der Waals surface area (Å²) < 4.78 is 0. The molecule has 0 heterocycles. The minimum absolute atomic E-state index is 1.22. The van der Waals surface area contributed by atoms with Gasteiger partial charge < -0.3 is 0 Å². The normalized spacial score (nSPS) is 11.0. The second-order valence-electron chi connectivity index (χ2n) is 4.51. The Labute approximate surface area is 101 Å². The van der Waals surface area contributed by atoms with Crippen LogP contribution in [0.15, 0.2) is 24.3 Å². The zero-order valence-corrected chi connectivity index (χ0v) is 11.1. The fourth-order valence-electron chi connectivity index (χ4n) is 2.35. The molecule has 0 heteroatoms. The summed E-state index contributed by atoms with van der Waals surface area (Å²) in [7, 11) is 0. The maximum absolute atomic E-state index is 2.31. The van der Waals surface area contributed by atoms with Gasteiger partial charge in [0.1, 0.15) is 0 Å². The highest BCUT2D eigenvalue weighted by atomic mass is 14.2. The summed E-state index contributed by atoms with van der Waals surface area (Å²) in [5.41, 5.74) is 3.08. The Hall–Kier alpha value is -0.780. The summed E-state index contributed by atoms with van der Waals surface area (Å²) in [5.74, 6) is 1.66. The van der Waals surface area contributed by atoms with Gasteiger partial charge in [-0.1, -0.05) is 64.3 Å². The van der Waals surface area contributed by atoms with Gasteiger partial charge in [0.05, 0.1) is 0 Å². The first kappa shape index (κ1) is 13.3. The summed E-state index contributed by atoms with van der Waals surface area (Å²) in [6.07, 6.45) is 7.49. The lowest BCUT2D eigenvalue weighted by atomic mass is 9.86. The quantitative estimate of drug-likeness (QED) is 0.591. The molecule has 0 bridgehead atoms.